The zero-order chi connectivity index (χ0) is 21.3. The van der Waals surface area contributed by atoms with Gasteiger partial charge in [-0.25, -0.2) is 0 Å². The molecule has 0 bridgehead atoms. The van der Waals surface area contributed by atoms with E-state index in [9.17, 15) is 19.5 Å². The summed E-state index contributed by atoms with van der Waals surface area (Å²) in [7, 11) is 0. The highest BCUT2D eigenvalue weighted by molar-refractivity contribution is 6.10. The van der Waals surface area contributed by atoms with Gasteiger partial charge in [0.1, 0.15) is 6.04 Å². The van der Waals surface area contributed by atoms with Gasteiger partial charge in [0.25, 0.3) is 5.91 Å². The van der Waals surface area contributed by atoms with Gasteiger partial charge < -0.3 is 15.7 Å². The molecule has 2 aromatic rings. The molecule has 2 aromatic carbocycles. The first kappa shape index (κ1) is 21.7. The Bertz CT molecular complexity index is 876. The number of carbonyl (C=O) groups is 3. The van der Waals surface area contributed by atoms with Crippen LogP contribution in [0.25, 0.3) is 0 Å². The Hall–Kier alpha value is -2.99. The molecule has 0 aliphatic heterocycles. The molecule has 3 rings (SSSR count). The van der Waals surface area contributed by atoms with Crippen LogP contribution < -0.4 is 10.6 Å². The Balaban J connectivity index is 1.61. The summed E-state index contributed by atoms with van der Waals surface area (Å²) in [5, 5.41) is 15.0. The van der Waals surface area contributed by atoms with Crippen molar-refractivity contribution in [1.82, 2.24) is 10.6 Å². The molecule has 0 aromatic heterocycles. The Morgan fingerprint density at radius 3 is 2.27 bits per heavy atom. The molecule has 1 aliphatic carbocycles. The van der Waals surface area contributed by atoms with E-state index in [0.717, 1.165) is 12.8 Å². The number of hydrogen-bond acceptors (Lipinski definition) is 4. The average molecular weight is 408 g/mol. The van der Waals surface area contributed by atoms with Gasteiger partial charge in [0.2, 0.25) is 5.91 Å². The molecule has 6 nitrogen and oxygen atoms in total. The number of aliphatic hydroxyl groups is 1. The topological polar surface area (TPSA) is 95.5 Å². The lowest BCUT2D eigenvalue weighted by Gasteiger charge is -2.23. The van der Waals surface area contributed by atoms with Crippen LogP contribution in [-0.4, -0.2) is 41.9 Å². The van der Waals surface area contributed by atoms with Crippen LogP contribution in [0.2, 0.25) is 0 Å². The molecule has 30 heavy (non-hydrogen) atoms. The van der Waals surface area contributed by atoms with Gasteiger partial charge >= 0.3 is 0 Å². The maximum atomic E-state index is 12.6. The minimum atomic E-state index is -1.03. The van der Waals surface area contributed by atoms with Gasteiger partial charge in [-0.2, -0.15) is 0 Å². The standard InChI is InChI=1S/C24H28N2O4/c27-16-21(24(30)25-15-17-8-3-1-4-9-17)26-23(29)20-13-7-12-19(14-20)22(28)18-10-5-2-6-11-18/h2,5-7,10-14,17,21,27H,1,3-4,8-9,15-16H2,(H,25,30)(H,26,29). The van der Waals surface area contributed by atoms with Gasteiger partial charge in [-0.1, -0.05) is 61.7 Å². The van der Waals surface area contributed by atoms with E-state index in [-0.39, 0.29) is 11.3 Å². The van der Waals surface area contributed by atoms with Crippen molar-refractivity contribution in [2.75, 3.05) is 13.2 Å². The third-order valence-electron chi connectivity index (χ3n) is 5.52. The summed E-state index contributed by atoms with van der Waals surface area (Å²) in [6.45, 7) is 0.0666. The SMILES string of the molecule is O=C(NC(CO)C(=O)NCC1CCCCC1)c1cccc(C(=O)c2ccccc2)c1. The number of aliphatic hydroxyl groups excluding tert-OH is 1. The number of amides is 2. The van der Waals surface area contributed by atoms with Crippen molar-refractivity contribution in [2.45, 2.75) is 38.1 Å². The molecular weight excluding hydrogens is 380 g/mol. The van der Waals surface area contributed by atoms with Crippen LogP contribution in [0.4, 0.5) is 0 Å². The van der Waals surface area contributed by atoms with Crippen molar-refractivity contribution >= 4 is 17.6 Å². The highest BCUT2D eigenvalue weighted by Gasteiger charge is 2.22. The third kappa shape index (κ3) is 5.76. The van der Waals surface area contributed by atoms with E-state index in [0.29, 0.717) is 23.6 Å². The summed E-state index contributed by atoms with van der Waals surface area (Å²) < 4.78 is 0. The van der Waals surface area contributed by atoms with Gasteiger partial charge in [-0.3, -0.25) is 14.4 Å². The van der Waals surface area contributed by atoms with Gasteiger partial charge in [0.15, 0.2) is 5.78 Å². The largest absolute Gasteiger partial charge is 0.394 e. The summed E-state index contributed by atoms with van der Waals surface area (Å²) in [6.07, 6.45) is 5.79. The van der Waals surface area contributed by atoms with E-state index in [4.69, 9.17) is 0 Å². The van der Waals surface area contributed by atoms with Gasteiger partial charge in [-0.05, 0) is 30.9 Å². The van der Waals surface area contributed by atoms with E-state index < -0.39 is 24.5 Å². The molecule has 6 heteroatoms. The minimum absolute atomic E-state index is 0.186. The molecule has 0 radical (unpaired) electrons. The van der Waals surface area contributed by atoms with Gasteiger partial charge in [-0.15, -0.1) is 0 Å². The van der Waals surface area contributed by atoms with Crippen LogP contribution in [0, 0.1) is 5.92 Å². The predicted octanol–water partition coefficient (Wildman–Crippen LogP) is 2.70. The molecule has 0 saturated heterocycles. The monoisotopic (exact) mass is 408 g/mol. The molecule has 1 fully saturated rings. The smallest absolute Gasteiger partial charge is 0.252 e. The molecule has 3 N–H and O–H groups in total. The summed E-state index contributed by atoms with van der Waals surface area (Å²) in [5.74, 6) is -0.634. The van der Waals surface area contributed by atoms with E-state index in [1.165, 1.54) is 25.3 Å². The lowest BCUT2D eigenvalue weighted by molar-refractivity contribution is -0.124. The molecule has 1 aliphatic rings. The lowest BCUT2D eigenvalue weighted by atomic mass is 9.89. The van der Waals surface area contributed by atoms with Crippen LogP contribution in [0.3, 0.4) is 0 Å². The number of rotatable bonds is 8. The fourth-order valence-corrected chi connectivity index (χ4v) is 3.75. The maximum Gasteiger partial charge on any atom is 0.252 e. The fraction of sp³-hybridized carbons (Fsp3) is 0.375. The summed E-state index contributed by atoms with van der Waals surface area (Å²) in [6, 6.07) is 14.1. The van der Waals surface area contributed by atoms with Crippen LogP contribution in [0.1, 0.15) is 58.4 Å². The number of nitrogens with one attached hydrogen (secondary N) is 2. The zero-order valence-electron chi connectivity index (χ0n) is 17.0. The maximum absolute atomic E-state index is 12.6. The second-order valence-electron chi connectivity index (χ2n) is 7.73. The van der Waals surface area contributed by atoms with Crippen molar-refractivity contribution in [3.8, 4) is 0 Å². The molecule has 0 heterocycles. The minimum Gasteiger partial charge on any atom is -0.394 e. The number of hydrogen-bond donors (Lipinski definition) is 3. The molecule has 158 valence electrons. The van der Waals surface area contributed by atoms with Crippen LogP contribution in [0.5, 0.6) is 0 Å². The third-order valence-corrected chi connectivity index (χ3v) is 5.52. The molecule has 0 spiro atoms. The first-order valence-corrected chi connectivity index (χ1v) is 10.5. The summed E-state index contributed by atoms with van der Waals surface area (Å²) >= 11 is 0. The van der Waals surface area contributed by atoms with Gasteiger partial charge in [0.05, 0.1) is 6.61 Å². The molecule has 1 unspecified atom stereocenters. The van der Waals surface area contributed by atoms with E-state index in [1.807, 2.05) is 6.07 Å². The molecular formula is C24H28N2O4. The summed E-state index contributed by atoms with van der Waals surface area (Å²) in [5.41, 5.74) is 1.18. The van der Waals surface area contributed by atoms with Crippen molar-refractivity contribution in [2.24, 2.45) is 5.92 Å². The van der Waals surface area contributed by atoms with E-state index >= 15 is 0 Å². The Labute approximate surface area is 176 Å². The lowest BCUT2D eigenvalue weighted by Crippen LogP contribution is -2.49. The highest BCUT2D eigenvalue weighted by Crippen LogP contribution is 2.22. The number of benzene rings is 2. The zero-order valence-corrected chi connectivity index (χ0v) is 17.0. The normalized spacial score (nSPS) is 15.2. The molecule has 1 atom stereocenters. The molecule has 1 saturated carbocycles. The predicted molar refractivity (Wildman–Crippen MR) is 114 cm³/mol. The van der Waals surface area contributed by atoms with Crippen LogP contribution >= 0.6 is 0 Å². The van der Waals surface area contributed by atoms with Crippen molar-refractivity contribution in [1.29, 1.82) is 0 Å². The first-order chi connectivity index (χ1) is 14.6. The van der Waals surface area contributed by atoms with Crippen molar-refractivity contribution in [3.63, 3.8) is 0 Å². The second-order valence-corrected chi connectivity index (χ2v) is 7.73. The second kappa shape index (κ2) is 10.7. The van der Waals surface area contributed by atoms with Crippen LogP contribution in [-0.2, 0) is 4.79 Å². The van der Waals surface area contributed by atoms with E-state index in [2.05, 4.69) is 10.6 Å². The Morgan fingerprint density at radius 1 is 0.900 bits per heavy atom. The number of ketones is 1. The highest BCUT2D eigenvalue weighted by atomic mass is 16.3. The quantitative estimate of drug-likeness (QED) is 0.585. The Morgan fingerprint density at radius 2 is 1.57 bits per heavy atom. The van der Waals surface area contributed by atoms with E-state index in [1.54, 1.807) is 42.5 Å². The van der Waals surface area contributed by atoms with Crippen molar-refractivity contribution < 1.29 is 19.5 Å². The van der Waals surface area contributed by atoms with Crippen molar-refractivity contribution in [3.05, 3.63) is 71.3 Å². The summed E-state index contributed by atoms with van der Waals surface area (Å²) in [4.78, 5) is 37.6. The first-order valence-electron chi connectivity index (χ1n) is 10.5. The van der Waals surface area contributed by atoms with Gasteiger partial charge in [0, 0.05) is 23.2 Å². The molecule has 2 amide bonds. The fourth-order valence-electron chi connectivity index (χ4n) is 3.75. The average Bonchev–Trinajstić information content (AvgIpc) is 2.81. The van der Waals surface area contributed by atoms with Crippen LogP contribution in [0.15, 0.2) is 54.6 Å². The number of carbonyl (C=O) groups excluding carboxylic acids is 3. The Kier molecular flexibility index (Phi) is 7.74.